The van der Waals surface area contributed by atoms with E-state index in [-0.39, 0.29) is 16.4 Å². The van der Waals surface area contributed by atoms with Gasteiger partial charge < -0.3 is 4.74 Å². The Morgan fingerprint density at radius 3 is 2.36 bits per heavy atom. The molecule has 0 N–H and O–H groups in total. The van der Waals surface area contributed by atoms with Crippen molar-refractivity contribution in [2.24, 2.45) is 0 Å². The molecule has 0 saturated heterocycles. The topological polar surface area (TPSA) is 69.2 Å². The molecule has 0 unspecified atom stereocenters. The van der Waals surface area contributed by atoms with Gasteiger partial charge in [0.05, 0.1) is 16.8 Å². The molecule has 3 rings (SSSR count). The Morgan fingerprint density at radius 1 is 1.04 bits per heavy atom. The Labute approximate surface area is 151 Å². The van der Waals surface area contributed by atoms with E-state index < -0.39 is 9.84 Å². The van der Waals surface area contributed by atoms with Crippen LogP contribution in [-0.4, -0.2) is 18.4 Å². The fourth-order valence-electron chi connectivity index (χ4n) is 2.24. The van der Waals surface area contributed by atoms with E-state index in [9.17, 15) is 8.42 Å². The first-order valence-corrected chi connectivity index (χ1v) is 9.34. The van der Waals surface area contributed by atoms with Gasteiger partial charge in [0.1, 0.15) is 17.3 Å². The summed E-state index contributed by atoms with van der Waals surface area (Å²) in [5.41, 5.74) is 0.372. The van der Waals surface area contributed by atoms with Gasteiger partial charge in [-0.3, -0.25) is 0 Å². The van der Waals surface area contributed by atoms with Gasteiger partial charge in [-0.25, -0.2) is 18.4 Å². The molecule has 0 aliphatic rings. The van der Waals surface area contributed by atoms with Gasteiger partial charge in [-0.2, -0.15) is 0 Å². The number of aromatic nitrogens is 2. The minimum atomic E-state index is -3.69. The van der Waals surface area contributed by atoms with E-state index in [0.29, 0.717) is 22.3 Å². The quantitative estimate of drug-likeness (QED) is 0.678. The molecule has 0 aliphatic carbocycles. The molecular formula is C18H15ClN2O3S. The zero-order chi connectivity index (χ0) is 17.9. The van der Waals surface area contributed by atoms with Crippen molar-refractivity contribution in [3.05, 3.63) is 77.3 Å². The summed E-state index contributed by atoms with van der Waals surface area (Å²) in [5.74, 6) is 1.11. The van der Waals surface area contributed by atoms with Crippen molar-refractivity contribution in [1.82, 2.24) is 9.97 Å². The van der Waals surface area contributed by atoms with Crippen LogP contribution in [0, 0.1) is 6.92 Å². The molecular weight excluding hydrogens is 360 g/mol. The first kappa shape index (κ1) is 17.4. The zero-order valence-electron chi connectivity index (χ0n) is 13.4. The molecule has 0 amide bonds. The number of ether oxygens (including phenoxy) is 1. The van der Waals surface area contributed by atoms with Gasteiger partial charge in [-0.15, -0.1) is 0 Å². The van der Waals surface area contributed by atoms with Crippen LogP contribution in [0.5, 0.6) is 5.75 Å². The summed E-state index contributed by atoms with van der Waals surface area (Å²) in [6, 6.07) is 15.3. The Bertz CT molecular complexity index is 975. The molecule has 128 valence electrons. The average Bonchev–Trinajstić information content (AvgIpc) is 2.61. The minimum absolute atomic E-state index is 0.0679. The lowest BCUT2D eigenvalue weighted by Crippen LogP contribution is -2.09. The van der Waals surface area contributed by atoms with Gasteiger partial charge in [0.25, 0.3) is 0 Å². The molecule has 0 bridgehead atoms. The van der Waals surface area contributed by atoms with E-state index in [2.05, 4.69) is 9.97 Å². The highest BCUT2D eigenvalue weighted by Gasteiger charge is 2.21. The smallest absolute Gasteiger partial charge is 0.209 e. The lowest BCUT2D eigenvalue weighted by atomic mass is 10.3. The SMILES string of the molecule is Cc1nc(COc2ccccc2)ncc1S(=O)(=O)c1ccc(Cl)cc1. The number of halogens is 1. The number of hydrogen-bond donors (Lipinski definition) is 0. The Hall–Kier alpha value is -2.44. The van der Waals surface area contributed by atoms with Crippen molar-refractivity contribution in [2.75, 3.05) is 0 Å². The monoisotopic (exact) mass is 374 g/mol. The predicted octanol–water partition coefficient (Wildman–Crippen LogP) is 3.85. The normalized spacial score (nSPS) is 11.3. The number of hydrogen-bond acceptors (Lipinski definition) is 5. The van der Waals surface area contributed by atoms with Crippen LogP contribution >= 0.6 is 11.6 Å². The Kier molecular flexibility index (Phi) is 5.01. The molecule has 25 heavy (non-hydrogen) atoms. The molecule has 1 aromatic heterocycles. The average molecular weight is 375 g/mol. The highest BCUT2D eigenvalue weighted by Crippen LogP contribution is 2.24. The maximum absolute atomic E-state index is 12.7. The van der Waals surface area contributed by atoms with E-state index in [4.69, 9.17) is 16.3 Å². The van der Waals surface area contributed by atoms with Gasteiger partial charge in [0.15, 0.2) is 5.82 Å². The van der Waals surface area contributed by atoms with Crippen LogP contribution in [0.3, 0.4) is 0 Å². The second kappa shape index (κ2) is 7.21. The van der Waals surface area contributed by atoms with Crippen molar-refractivity contribution in [2.45, 2.75) is 23.3 Å². The van der Waals surface area contributed by atoms with Crippen LogP contribution in [0.25, 0.3) is 0 Å². The number of sulfone groups is 1. The minimum Gasteiger partial charge on any atom is -0.486 e. The highest BCUT2D eigenvalue weighted by molar-refractivity contribution is 7.91. The zero-order valence-corrected chi connectivity index (χ0v) is 15.0. The van der Waals surface area contributed by atoms with Crippen molar-refractivity contribution in [3.63, 3.8) is 0 Å². The number of aryl methyl sites for hydroxylation is 1. The first-order chi connectivity index (χ1) is 12.0. The van der Waals surface area contributed by atoms with Crippen molar-refractivity contribution in [1.29, 1.82) is 0 Å². The van der Waals surface area contributed by atoms with E-state index in [1.807, 2.05) is 30.3 Å². The third-order valence-corrected chi connectivity index (χ3v) is 5.63. The van der Waals surface area contributed by atoms with E-state index in [1.54, 1.807) is 6.92 Å². The summed E-state index contributed by atoms with van der Waals surface area (Å²) in [5, 5.41) is 0.473. The van der Waals surface area contributed by atoms with E-state index in [1.165, 1.54) is 30.5 Å². The molecule has 0 radical (unpaired) electrons. The van der Waals surface area contributed by atoms with Gasteiger partial charge in [0.2, 0.25) is 9.84 Å². The maximum atomic E-state index is 12.7. The lowest BCUT2D eigenvalue weighted by molar-refractivity contribution is 0.295. The van der Waals surface area contributed by atoms with Crippen molar-refractivity contribution < 1.29 is 13.2 Å². The number of benzene rings is 2. The molecule has 2 aromatic carbocycles. The Balaban J connectivity index is 1.83. The van der Waals surface area contributed by atoms with Crippen LogP contribution in [0.2, 0.25) is 5.02 Å². The fourth-order valence-corrected chi connectivity index (χ4v) is 3.74. The molecule has 0 fully saturated rings. The number of para-hydroxylation sites is 1. The van der Waals surface area contributed by atoms with Crippen molar-refractivity contribution in [3.8, 4) is 5.75 Å². The highest BCUT2D eigenvalue weighted by atomic mass is 35.5. The molecule has 7 heteroatoms. The number of nitrogens with zero attached hydrogens (tertiary/aromatic N) is 2. The van der Waals surface area contributed by atoms with E-state index >= 15 is 0 Å². The lowest BCUT2D eigenvalue weighted by Gasteiger charge is -2.09. The standard InChI is InChI=1S/C18H15ClN2O3S/c1-13-17(25(22,23)16-9-7-14(19)8-10-16)11-20-18(21-13)12-24-15-5-3-2-4-6-15/h2-11H,12H2,1H3. The molecule has 0 saturated carbocycles. The van der Waals surface area contributed by atoms with Gasteiger partial charge in [-0.1, -0.05) is 29.8 Å². The van der Waals surface area contributed by atoms with Crippen LogP contribution < -0.4 is 4.74 Å². The van der Waals surface area contributed by atoms with Gasteiger partial charge in [0, 0.05) is 5.02 Å². The predicted molar refractivity (Wildman–Crippen MR) is 94.4 cm³/mol. The van der Waals surface area contributed by atoms with Crippen molar-refractivity contribution >= 4 is 21.4 Å². The summed E-state index contributed by atoms with van der Waals surface area (Å²) in [4.78, 5) is 8.60. The van der Waals surface area contributed by atoms with Gasteiger partial charge >= 0.3 is 0 Å². The summed E-state index contributed by atoms with van der Waals surface area (Å²) >= 11 is 5.81. The molecule has 5 nitrogen and oxygen atoms in total. The number of rotatable bonds is 5. The fraction of sp³-hybridized carbons (Fsp3) is 0.111. The third kappa shape index (κ3) is 3.97. The summed E-state index contributed by atoms with van der Waals surface area (Å²) in [6.45, 7) is 1.79. The molecule has 3 aromatic rings. The summed E-state index contributed by atoms with van der Waals surface area (Å²) in [6.07, 6.45) is 1.32. The summed E-state index contributed by atoms with van der Waals surface area (Å²) < 4.78 is 31.0. The molecule has 0 aliphatic heterocycles. The Morgan fingerprint density at radius 2 is 1.72 bits per heavy atom. The van der Waals surface area contributed by atoms with Crippen LogP contribution in [0.15, 0.2) is 70.6 Å². The first-order valence-electron chi connectivity index (χ1n) is 7.48. The van der Waals surface area contributed by atoms with Gasteiger partial charge in [-0.05, 0) is 43.3 Å². The second-order valence-corrected chi connectivity index (χ2v) is 7.65. The second-order valence-electron chi connectivity index (χ2n) is 5.29. The van der Waals surface area contributed by atoms with Crippen LogP contribution in [0.1, 0.15) is 11.5 Å². The largest absolute Gasteiger partial charge is 0.486 e. The third-order valence-electron chi connectivity index (χ3n) is 3.51. The van der Waals surface area contributed by atoms with Crippen LogP contribution in [0.4, 0.5) is 0 Å². The van der Waals surface area contributed by atoms with E-state index in [0.717, 1.165) is 0 Å². The van der Waals surface area contributed by atoms with Crippen LogP contribution in [-0.2, 0) is 16.4 Å². The maximum Gasteiger partial charge on any atom is 0.209 e. The molecule has 0 spiro atoms. The molecule has 0 atom stereocenters. The molecule has 1 heterocycles. The summed E-state index contributed by atoms with van der Waals surface area (Å²) in [7, 11) is -3.69.